The molecule has 0 aliphatic heterocycles. The van der Waals surface area contributed by atoms with E-state index in [9.17, 15) is 4.79 Å². The standard InChI is InChI=1S/C18H19ClO/c1-4-13-7-8-15(10-14(13)5-2)18(20)17-11-16(19)9-6-12(17)3/h6-11H,4-5H2,1-3H3. The van der Waals surface area contributed by atoms with Crippen molar-refractivity contribution in [3.63, 3.8) is 0 Å². The number of rotatable bonds is 4. The Morgan fingerprint density at radius 3 is 2.35 bits per heavy atom. The highest BCUT2D eigenvalue weighted by atomic mass is 35.5. The maximum Gasteiger partial charge on any atom is 0.193 e. The monoisotopic (exact) mass is 286 g/mol. The van der Waals surface area contributed by atoms with Crippen LogP contribution in [0.1, 0.15) is 46.5 Å². The fourth-order valence-corrected chi connectivity index (χ4v) is 2.61. The minimum absolute atomic E-state index is 0.0438. The van der Waals surface area contributed by atoms with Gasteiger partial charge in [0.2, 0.25) is 0 Å². The quantitative estimate of drug-likeness (QED) is 0.723. The molecule has 2 aromatic carbocycles. The summed E-state index contributed by atoms with van der Waals surface area (Å²) >= 11 is 6.00. The van der Waals surface area contributed by atoms with E-state index in [1.807, 2.05) is 31.2 Å². The zero-order chi connectivity index (χ0) is 14.7. The summed E-state index contributed by atoms with van der Waals surface area (Å²) in [5, 5.41) is 0.597. The first kappa shape index (κ1) is 14.8. The predicted octanol–water partition coefficient (Wildman–Crippen LogP) is 5.00. The molecule has 0 heterocycles. The van der Waals surface area contributed by atoms with E-state index >= 15 is 0 Å². The molecule has 0 N–H and O–H groups in total. The lowest BCUT2D eigenvalue weighted by atomic mass is 9.94. The van der Waals surface area contributed by atoms with E-state index in [0.717, 1.165) is 24.0 Å². The van der Waals surface area contributed by atoms with Gasteiger partial charge in [-0.3, -0.25) is 4.79 Å². The number of hydrogen-bond acceptors (Lipinski definition) is 1. The van der Waals surface area contributed by atoms with Gasteiger partial charge in [0, 0.05) is 16.1 Å². The van der Waals surface area contributed by atoms with Gasteiger partial charge in [-0.2, -0.15) is 0 Å². The Morgan fingerprint density at radius 1 is 1.00 bits per heavy atom. The van der Waals surface area contributed by atoms with E-state index < -0.39 is 0 Å². The second-order valence-corrected chi connectivity index (χ2v) is 5.42. The van der Waals surface area contributed by atoms with Crippen molar-refractivity contribution in [2.75, 3.05) is 0 Å². The molecule has 20 heavy (non-hydrogen) atoms. The number of benzene rings is 2. The van der Waals surface area contributed by atoms with Crippen LogP contribution in [0.4, 0.5) is 0 Å². The molecule has 2 heteroatoms. The third-order valence-electron chi connectivity index (χ3n) is 3.67. The number of ketones is 1. The minimum Gasteiger partial charge on any atom is -0.289 e. The van der Waals surface area contributed by atoms with E-state index in [1.165, 1.54) is 11.1 Å². The largest absolute Gasteiger partial charge is 0.289 e. The van der Waals surface area contributed by atoms with Gasteiger partial charge in [0.15, 0.2) is 5.78 Å². The SMILES string of the molecule is CCc1ccc(C(=O)c2cc(Cl)ccc2C)cc1CC. The molecule has 104 valence electrons. The van der Waals surface area contributed by atoms with Crippen LogP contribution in [-0.2, 0) is 12.8 Å². The van der Waals surface area contributed by atoms with Crippen molar-refractivity contribution in [3.8, 4) is 0 Å². The van der Waals surface area contributed by atoms with Gasteiger partial charge in [-0.25, -0.2) is 0 Å². The Kier molecular flexibility index (Phi) is 4.61. The highest BCUT2D eigenvalue weighted by molar-refractivity contribution is 6.31. The van der Waals surface area contributed by atoms with E-state index in [0.29, 0.717) is 10.6 Å². The van der Waals surface area contributed by atoms with Crippen LogP contribution in [0.3, 0.4) is 0 Å². The second kappa shape index (κ2) is 6.23. The molecule has 0 radical (unpaired) electrons. The molecule has 0 fully saturated rings. The number of hydrogen-bond donors (Lipinski definition) is 0. The molecule has 0 saturated heterocycles. The predicted molar refractivity (Wildman–Crippen MR) is 84.8 cm³/mol. The smallest absolute Gasteiger partial charge is 0.193 e. The maximum absolute atomic E-state index is 12.6. The summed E-state index contributed by atoms with van der Waals surface area (Å²) in [6.07, 6.45) is 1.94. The zero-order valence-electron chi connectivity index (χ0n) is 12.2. The van der Waals surface area contributed by atoms with Gasteiger partial charge in [-0.1, -0.05) is 43.6 Å². The summed E-state index contributed by atoms with van der Waals surface area (Å²) in [7, 11) is 0. The lowest BCUT2D eigenvalue weighted by Crippen LogP contribution is -2.05. The molecule has 0 aliphatic rings. The van der Waals surface area contributed by atoms with Crippen molar-refractivity contribution in [2.24, 2.45) is 0 Å². The van der Waals surface area contributed by atoms with Crippen LogP contribution >= 0.6 is 11.6 Å². The van der Waals surface area contributed by atoms with Crippen LogP contribution in [0.2, 0.25) is 5.02 Å². The third-order valence-corrected chi connectivity index (χ3v) is 3.91. The highest BCUT2D eigenvalue weighted by Crippen LogP contribution is 2.21. The second-order valence-electron chi connectivity index (χ2n) is 4.98. The number of carbonyl (C=O) groups is 1. The van der Waals surface area contributed by atoms with Gasteiger partial charge < -0.3 is 0 Å². The van der Waals surface area contributed by atoms with Crippen LogP contribution in [0.25, 0.3) is 0 Å². The van der Waals surface area contributed by atoms with E-state index in [4.69, 9.17) is 11.6 Å². The average molecular weight is 287 g/mol. The zero-order valence-corrected chi connectivity index (χ0v) is 12.9. The molecule has 0 saturated carbocycles. The van der Waals surface area contributed by atoms with Crippen LogP contribution in [0, 0.1) is 6.92 Å². The van der Waals surface area contributed by atoms with Gasteiger partial charge in [0.25, 0.3) is 0 Å². The van der Waals surface area contributed by atoms with Crippen LogP contribution in [-0.4, -0.2) is 5.78 Å². The topological polar surface area (TPSA) is 17.1 Å². The van der Waals surface area contributed by atoms with E-state index in [1.54, 1.807) is 6.07 Å². The van der Waals surface area contributed by atoms with Gasteiger partial charge in [-0.15, -0.1) is 0 Å². The lowest BCUT2D eigenvalue weighted by molar-refractivity contribution is 0.103. The van der Waals surface area contributed by atoms with Crippen molar-refractivity contribution in [1.82, 2.24) is 0 Å². The van der Waals surface area contributed by atoms with Crippen molar-refractivity contribution < 1.29 is 4.79 Å². The number of carbonyl (C=O) groups excluding carboxylic acids is 1. The number of aryl methyl sites for hydroxylation is 3. The van der Waals surface area contributed by atoms with Crippen molar-refractivity contribution in [3.05, 3.63) is 69.2 Å². The van der Waals surface area contributed by atoms with Crippen LogP contribution in [0.5, 0.6) is 0 Å². The molecular formula is C18H19ClO. The Labute approximate surface area is 125 Å². The molecule has 1 nitrogen and oxygen atoms in total. The summed E-state index contributed by atoms with van der Waals surface area (Å²) < 4.78 is 0. The van der Waals surface area contributed by atoms with Crippen LogP contribution in [0.15, 0.2) is 36.4 Å². The molecule has 2 aromatic rings. The Bertz CT molecular complexity index is 644. The Hall–Kier alpha value is -1.60. The summed E-state index contributed by atoms with van der Waals surface area (Å²) in [5.74, 6) is 0.0438. The summed E-state index contributed by atoms with van der Waals surface area (Å²) in [5.41, 5.74) is 4.94. The summed E-state index contributed by atoms with van der Waals surface area (Å²) in [6.45, 7) is 6.19. The van der Waals surface area contributed by atoms with Crippen molar-refractivity contribution >= 4 is 17.4 Å². The fraction of sp³-hybridized carbons (Fsp3) is 0.278. The fourth-order valence-electron chi connectivity index (χ4n) is 2.44. The van der Waals surface area contributed by atoms with Gasteiger partial charge in [0.1, 0.15) is 0 Å². The molecular weight excluding hydrogens is 268 g/mol. The van der Waals surface area contributed by atoms with Crippen LogP contribution < -0.4 is 0 Å². The molecule has 0 atom stereocenters. The average Bonchev–Trinajstić information content (AvgIpc) is 2.48. The maximum atomic E-state index is 12.6. The Morgan fingerprint density at radius 2 is 1.70 bits per heavy atom. The molecule has 0 spiro atoms. The summed E-state index contributed by atoms with van der Waals surface area (Å²) in [4.78, 5) is 12.6. The Balaban J connectivity index is 2.45. The normalized spacial score (nSPS) is 10.6. The van der Waals surface area contributed by atoms with E-state index in [2.05, 4.69) is 19.9 Å². The minimum atomic E-state index is 0.0438. The molecule has 0 unspecified atom stereocenters. The molecule has 0 bridgehead atoms. The van der Waals surface area contributed by atoms with Gasteiger partial charge in [0.05, 0.1) is 0 Å². The van der Waals surface area contributed by atoms with Gasteiger partial charge >= 0.3 is 0 Å². The molecule has 0 aliphatic carbocycles. The lowest BCUT2D eigenvalue weighted by Gasteiger charge is -2.10. The molecule has 0 aromatic heterocycles. The van der Waals surface area contributed by atoms with E-state index in [-0.39, 0.29) is 5.78 Å². The first-order valence-corrected chi connectivity index (χ1v) is 7.37. The van der Waals surface area contributed by atoms with Gasteiger partial charge in [-0.05, 0) is 54.7 Å². The first-order valence-electron chi connectivity index (χ1n) is 6.99. The first-order chi connectivity index (χ1) is 9.56. The molecule has 2 rings (SSSR count). The summed E-state index contributed by atoms with van der Waals surface area (Å²) in [6, 6.07) is 11.4. The highest BCUT2D eigenvalue weighted by Gasteiger charge is 2.13. The molecule has 0 amide bonds. The van der Waals surface area contributed by atoms with Crippen molar-refractivity contribution in [1.29, 1.82) is 0 Å². The third kappa shape index (κ3) is 2.94. The number of halogens is 1. The van der Waals surface area contributed by atoms with Crippen molar-refractivity contribution in [2.45, 2.75) is 33.6 Å².